The van der Waals surface area contributed by atoms with Gasteiger partial charge in [0.15, 0.2) is 0 Å². The van der Waals surface area contributed by atoms with Gasteiger partial charge in [0.2, 0.25) is 0 Å². The minimum Gasteiger partial charge on any atom is -0.496 e. The highest BCUT2D eigenvalue weighted by atomic mass is 16.5. The van der Waals surface area contributed by atoms with Crippen LogP contribution in [0.4, 0.5) is 0 Å². The Morgan fingerprint density at radius 1 is 1.17 bits per heavy atom. The Hall–Kier alpha value is -2.36. The van der Waals surface area contributed by atoms with Crippen molar-refractivity contribution in [1.82, 2.24) is 15.1 Å². The van der Waals surface area contributed by atoms with Crippen LogP contribution in [0.25, 0.3) is 5.70 Å². The molecule has 0 bridgehead atoms. The molecule has 0 amide bonds. The number of nitrogens with zero attached hydrogens (tertiary/aromatic N) is 3. The number of aromatic nitrogens is 2. The summed E-state index contributed by atoms with van der Waals surface area (Å²) in [5, 5.41) is 8.82. The van der Waals surface area contributed by atoms with Gasteiger partial charge in [-0.15, -0.1) is 0 Å². The monoisotopic (exact) mass is 325 g/mol. The largest absolute Gasteiger partial charge is 0.496 e. The molecular formula is C20H27N3O. The molecule has 1 aromatic heterocycles. The molecule has 0 radical (unpaired) electrons. The minimum atomic E-state index is 0.827. The summed E-state index contributed by atoms with van der Waals surface area (Å²) in [4.78, 5) is 2.14. The van der Waals surface area contributed by atoms with Gasteiger partial charge in [0.05, 0.1) is 18.5 Å². The maximum Gasteiger partial charge on any atom is 0.122 e. The van der Waals surface area contributed by atoms with Crippen molar-refractivity contribution in [3.8, 4) is 5.75 Å². The van der Waals surface area contributed by atoms with Gasteiger partial charge in [0.25, 0.3) is 0 Å². The Morgan fingerprint density at radius 3 is 2.58 bits per heavy atom. The molecule has 1 aromatic carbocycles. The Balaban J connectivity index is 2.21. The van der Waals surface area contributed by atoms with E-state index >= 15 is 0 Å². The number of benzene rings is 1. The lowest BCUT2D eigenvalue weighted by molar-refractivity contribution is 0.409. The van der Waals surface area contributed by atoms with Crippen molar-refractivity contribution in [3.63, 3.8) is 0 Å². The van der Waals surface area contributed by atoms with Crippen LogP contribution in [0.5, 0.6) is 5.75 Å². The first-order chi connectivity index (χ1) is 11.6. The summed E-state index contributed by atoms with van der Waals surface area (Å²) in [5.74, 6) is 0.922. The summed E-state index contributed by atoms with van der Waals surface area (Å²) in [7, 11) is 3.76. The molecule has 0 spiro atoms. The fourth-order valence-electron chi connectivity index (χ4n) is 2.66. The SMILES string of the molecule is C=C(c1cc(CCc2ccccc2OC)nnc1CC)N(C)CC. The molecule has 0 aliphatic carbocycles. The molecule has 0 fully saturated rings. The Bertz CT molecular complexity index is 697. The first-order valence-electron chi connectivity index (χ1n) is 8.48. The Kier molecular flexibility index (Phi) is 6.36. The maximum atomic E-state index is 5.42. The first-order valence-corrected chi connectivity index (χ1v) is 8.48. The van der Waals surface area contributed by atoms with Gasteiger partial charge in [-0.3, -0.25) is 0 Å². The van der Waals surface area contributed by atoms with Crippen molar-refractivity contribution in [2.45, 2.75) is 33.1 Å². The van der Waals surface area contributed by atoms with Gasteiger partial charge in [0.1, 0.15) is 5.75 Å². The Labute approximate surface area is 145 Å². The van der Waals surface area contributed by atoms with E-state index in [0.29, 0.717) is 0 Å². The molecule has 0 aliphatic rings. The van der Waals surface area contributed by atoms with Crippen molar-refractivity contribution in [1.29, 1.82) is 0 Å². The lowest BCUT2D eigenvalue weighted by Crippen LogP contribution is -2.17. The Morgan fingerprint density at radius 2 is 1.92 bits per heavy atom. The van der Waals surface area contributed by atoms with Crippen LogP contribution in [-0.2, 0) is 19.3 Å². The van der Waals surface area contributed by atoms with Gasteiger partial charge in [-0.05, 0) is 43.9 Å². The van der Waals surface area contributed by atoms with Gasteiger partial charge < -0.3 is 9.64 Å². The predicted octanol–water partition coefficient (Wildman–Crippen LogP) is 3.76. The summed E-state index contributed by atoms with van der Waals surface area (Å²) in [5.41, 5.74) is 5.28. The zero-order chi connectivity index (χ0) is 17.5. The highest BCUT2D eigenvalue weighted by Gasteiger charge is 2.12. The van der Waals surface area contributed by atoms with Crippen LogP contribution in [0.15, 0.2) is 36.9 Å². The third-order valence-corrected chi connectivity index (χ3v) is 4.34. The predicted molar refractivity (Wildman–Crippen MR) is 99.2 cm³/mol. The standard InChI is InChI=1S/C20H27N3O/c1-6-19-18(15(3)23(4)7-2)14-17(21-22-19)13-12-16-10-8-9-11-20(16)24-5/h8-11,14H,3,6-7,12-13H2,1-2,4-5H3. The van der Waals surface area contributed by atoms with Crippen LogP contribution < -0.4 is 4.74 Å². The fraction of sp³-hybridized carbons (Fsp3) is 0.400. The van der Waals surface area contributed by atoms with Gasteiger partial charge in [0, 0.05) is 24.9 Å². The summed E-state index contributed by atoms with van der Waals surface area (Å²) in [6.07, 6.45) is 2.55. The highest BCUT2D eigenvalue weighted by Crippen LogP contribution is 2.22. The molecule has 1 heterocycles. The van der Waals surface area contributed by atoms with Crippen LogP contribution in [0.1, 0.15) is 36.4 Å². The molecule has 0 unspecified atom stereocenters. The number of aryl methyl sites for hydroxylation is 3. The van der Waals surface area contributed by atoms with E-state index in [1.807, 2.05) is 18.2 Å². The summed E-state index contributed by atoms with van der Waals surface area (Å²) in [6.45, 7) is 9.36. The number of hydrogen-bond acceptors (Lipinski definition) is 4. The van der Waals surface area contributed by atoms with E-state index in [1.54, 1.807) is 7.11 Å². The smallest absolute Gasteiger partial charge is 0.122 e. The molecule has 0 saturated heterocycles. The molecule has 0 atom stereocenters. The van der Waals surface area contributed by atoms with E-state index in [0.717, 1.165) is 54.2 Å². The number of ether oxygens (including phenoxy) is 1. The van der Waals surface area contributed by atoms with E-state index in [4.69, 9.17) is 4.74 Å². The zero-order valence-corrected chi connectivity index (χ0v) is 15.2. The average Bonchev–Trinajstić information content (AvgIpc) is 2.64. The second-order valence-corrected chi connectivity index (χ2v) is 5.82. The van der Waals surface area contributed by atoms with Gasteiger partial charge >= 0.3 is 0 Å². The van der Waals surface area contributed by atoms with Crippen LogP contribution in [0.2, 0.25) is 0 Å². The van der Waals surface area contributed by atoms with Gasteiger partial charge in [-0.2, -0.15) is 10.2 Å². The van der Waals surface area contributed by atoms with E-state index in [-0.39, 0.29) is 0 Å². The van der Waals surface area contributed by atoms with Crippen molar-refractivity contribution < 1.29 is 4.74 Å². The quantitative estimate of drug-likeness (QED) is 0.741. The third-order valence-electron chi connectivity index (χ3n) is 4.34. The lowest BCUT2D eigenvalue weighted by Gasteiger charge is -2.21. The molecule has 4 nitrogen and oxygen atoms in total. The highest BCUT2D eigenvalue weighted by molar-refractivity contribution is 5.63. The van der Waals surface area contributed by atoms with Crippen molar-refractivity contribution >= 4 is 5.70 Å². The molecular weight excluding hydrogens is 298 g/mol. The molecule has 128 valence electrons. The van der Waals surface area contributed by atoms with E-state index in [1.165, 1.54) is 5.56 Å². The van der Waals surface area contributed by atoms with E-state index in [2.05, 4.69) is 54.7 Å². The van der Waals surface area contributed by atoms with Gasteiger partial charge in [-0.1, -0.05) is 31.7 Å². The maximum absolute atomic E-state index is 5.42. The van der Waals surface area contributed by atoms with E-state index < -0.39 is 0 Å². The van der Waals surface area contributed by atoms with Crippen molar-refractivity contribution in [3.05, 3.63) is 59.4 Å². The summed E-state index contributed by atoms with van der Waals surface area (Å²) < 4.78 is 5.42. The van der Waals surface area contributed by atoms with Crippen LogP contribution in [-0.4, -0.2) is 35.8 Å². The topological polar surface area (TPSA) is 38.3 Å². The normalized spacial score (nSPS) is 10.5. The molecule has 0 saturated carbocycles. The number of rotatable bonds is 8. The first kappa shape index (κ1) is 18.0. The average molecular weight is 325 g/mol. The summed E-state index contributed by atoms with van der Waals surface area (Å²) in [6, 6.07) is 10.2. The van der Waals surface area contributed by atoms with Crippen LogP contribution in [0.3, 0.4) is 0 Å². The third kappa shape index (κ3) is 4.13. The van der Waals surface area contributed by atoms with Crippen molar-refractivity contribution in [2.24, 2.45) is 0 Å². The van der Waals surface area contributed by atoms with Gasteiger partial charge in [-0.25, -0.2) is 0 Å². The molecule has 0 N–H and O–H groups in total. The molecule has 24 heavy (non-hydrogen) atoms. The minimum absolute atomic E-state index is 0.827. The van der Waals surface area contributed by atoms with Crippen molar-refractivity contribution in [2.75, 3.05) is 20.7 Å². The fourth-order valence-corrected chi connectivity index (χ4v) is 2.66. The molecule has 4 heteroatoms. The second kappa shape index (κ2) is 8.48. The molecule has 2 aromatic rings. The van der Waals surface area contributed by atoms with Crippen LogP contribution >= 0.6 is 0 Å². The lowest BCUT2D eigenvalue weighted by atomic mass is 10.0. The zero-order valence-electron chi connectivity index (χ0n) is 15.2. The van der Waals surface area contributed by atoms with Crippen LogP contribution in [0, 0.1) is 0 Å². The van der Waals surface area contributed by atoms with E-state index in [9.17, 15) is 0 Å². The second-order valence-electron chi connectivity index (χ2n) is 5.82. The molecule has 2 rings (SSSR count). The number of methoxy groups -OCH3 is 1. The number of para-hydroxylation sites is 1. The number of hydrogen-bond donors (Lipinski definition) is 0. The summed E-state index contributed by atoms with van der Waals surface area (Å²) >= 11 is 0. The molecule has 0 aliphatic heterocycles.